The lowest BCUT2D eigenvalue weighted by Gasteiger charge is -2.12. The molecule has 0 fully saturated rings. The number of nitrogens with zero attached hydrogens (tertiary/aromatic N) is 3. The van der Waals surface area contributed by atoms with Crippen LogP contribution in [0.2, 0.25) is 0 Å². The van der Waals surface area contributed by atoms with Crippen molar-refractivity contribution in [2.75, 3.05) is 0 Å². The fourth-order valence-corrected chi connectivity index (χ4v) is 2.60. The number of benzene rings is 2. The average molecular weight is 293 g/mol. The van der Waals surface area contributed by atoms with Gasteiger partial charge in [-0.1, -0.05) is 41.6 Å². The van der Waals surface area contributed by atoms with Gasteiger partial charge in [-0.3, -0.25) is 9.48 Å². The van der Waals surface area contributed by atoms with Crippen LogP contribution in [0, 0.1) is 0 Å². The molecule has 0 saturated heterocycles. The van der Waals surface area contributed by atoms with Gasteiger partial charge in [0.2, 0.25) is 0 Å². The second-order valence-corrected chi connectivity index (χ2v) is 4.81. The predicted octanol–water partition coefficient (Wildman–Crippen LogP) is 2.79. The van der Waals surface area contributed by atoms with Crippen LogP contribution >= 0.6 is 0 Å². The Morgan fingerprint density at radius 3 is 2.64 bits per heavy atom. The van der Waals surface area contributed by atoms with Crippen LogP contribution < -0.4 is 5.56 Å². The van der Waals surface area contributed by atoms with Crippen molar-refractivity contribution < 1.29 is 5.21 Å². The number of aromatic nitrogens is 2. The minimum absolute atomic E-state index is 0.115. The highest BCUT2D eigenvalue weighted by Crippen LogP contribution is 2.17. The summed E-state index contributed by atoms with van der Waals surface area (Å²) >= 11 is 0. The van der Waals surface area contributed by atoms with Crippen molar-refractivity contribution in [1.29, 1.82) is 0 Å². The van der Waals surface area contributed by atoms with Crippen LogP contribution in [0.15, 0.2) is 71.1 Å². The fraction of sp³-hybridized carbons (Fsp3) is 0.0588. The van der Waals surface area contributed by atoms with E-state index >= 15 is 0 Å². The number of para-hydroxylation sites is 2. The van der Waals surface area contributed by atoms with E-state index in [-0.39, 0.29) is 5.56 Å². The molecule has 22 heavy (non-hydrogen) atoms. The van der Waals surface area contributed by atoms with Crippen LogP contribution in [0.4, 0.5) is 0 Å². The van der Waals surface area contributed by atoms with Crippen molar-refractivity contribution in [3.8, 4) is 5.69 Å². The van der Waals surface area contributed by atoms with E-state index in [0.717, 1.165) is 5.52 Å². The normalized spacial score (nSPS) is 11.3. The van der Waals surface area contributed by atoms with E-state index in [1.165, 1.54) is 6.21 Å². The number of fused-ring (bicyclic) bond motifs is 1. The minimum Gasteiger partial charge on any atom is -0.411 e. The molecular weight excluding hydrogens is 278 g/mol. The molecule has 0 unspecified atom stereocenters. The molecule has 1 heterocycles. The summed E-state index contributed by atoms with van der Waals surface area (Å²) in [6.07, 6.45) is 3.06. The predicted molar refractivity (Wildman–Crippen MR) is 87.1 cm³/mol. The molecule has 0 atom stereocenters. The van der Waals surface area contributed by atoms with Gasteiger partial charge in [0, 0.05) is 5.56 Å². The lowest BCUT2D eigenvalue weighted by Crippen LogP contribution is -2.22. The second-order valence-electron chi connectivity index (χ2n) is 4.81. The average Bonchev–Trinajstić information content (AvgIpc) is 2.82. The van der Waals surface area contributed by atoms with Crippen molar-refractivity contribution in [2.24, 2.45) is 5.16 Å². The van der Waals surface area contributed by atoms with Crippen molar-refractivity contribution in [1.82, 2.24) is 9.36 Å². The van der Waals surface area contributed by atoms with E-state index in [1.807, 2.05) is 41.1 Å². The van der Waals surface area contributed by atoms with E-state index in [9.17, 15) is 4.79 Å². The zero-order valence-electron chi connectivity index (χ0n) is 11.9. The van der Waals surface area contributed by atoms with E-state index in [2.05, 4.69) is 11.7 Å². The first kappa shape index (κ1) is 13.9. The molecule has 0 spiro atoms. The van der Waals surface area contributed by atoms with Gasteiger partial charge in [0.25, 0.3) is 5.56 Å². The van der Waals surface area contributed by atoms with Crippen molar-refractivity contribution in [3.05, 3.63) is 77.1 Å². The van der Waals surface area contributed by atoms with Crippen molar-refractivity contribution in [2.45, 2.75) is 6.54 Å². The Morgan fingerprint density at radius 2 is 1.86 bits per heavy atom. The monoisotopic (exact) mass is 293 g/mol. The molecule has 0 bridgehead atoms. The number of oxime groups is 1. The summed E-state index contributed by atoms with van der Waals surface area (Å²) < 4.78 is 3.44. The quantitative estimate of drug-likeness (QED) is 0.348. The molecule has 2 aromatic carbocycles. The maximum Gasteiger partial charge on any atom is 0.279 e. The summed E-state index contributed by atoms with van der Waals surface area (Å²) in [5.74, 6) is 0. The van der Waals surface area contributed by atoms with Crippen LogP contribution in [0.5, 0.6) is 0 Å². The smallest absolute Gasteiger partial charge is 0.279 e. The lowest BCUT2D eigenvalue weighted by atomic mass is 10.2. The largest absolute Gasteiger partial charge is 0.411 e. The topological polar surface area (TPSA) is 59.5 Å². The Hall–Kier alpha value is -3.08. The number of rotatable bonds is 4. The summed E-state index contributed by atoms with van der Waals surface area (Å²) in [6.45, 7) is 4.26. The second kappa shape index (κ2) is 5.73. The van der Waals surface area contributed by atoms with Gasteiger partial charge in [0.15, 0.2) is 0 Å². The van der Waals surface area contributed by atoms with Crippen LogP contribution in [0.25, 0.3) is 16.6 Å². The van der Waals surface area contributed by atoms with E-state index in [1.54, 1.807) is 22.9 Å². The molecule has 0 amide bonds. The highest BCUT2D eigenvalue weighted by molar-refractivity contribution is 5.85. The third-order valence-electron chi connectivity index (χ3n) is 3.51. The SMILES string of the molecule is C=CCn1c2ccccc2c(=O)n1-c1ccccc1/C=N/O. The Balaban J connectivity index is 2.41. The van der Waals surface area contributed by atoms with Crippen LogP contribution in [-0.4, -0.2) is 20.8 Å². The lowest BCUT2D eigenvalue weighted by molar-refractivity contribution is 0.322. The zero-order chi connectivity index (χ0) is 15.5. The van der Waals surface area contributed by atoms with Crippen molar-refractivity contribution in [3.63, 3.8) is 0 Å². The Kier molecular flexibility index (Phi) is 3.62. The first-order chi connectivity index (χ1) is 10.8. The van der Waals surface area contributed by atoms with E-state index in [4.69, 9.17) is 5.21 Å². The van der Waals surface area contributed by atoms with Gasteiger partial charge in [-0.15, -0.1) is 6.58 Å². The van der Waals surface area contributed by atoms with Gasteiger partial charge < -0.3 is 5.21 Å². The van der Waals surface area contributed by atoms with Gasteiger partial charge in [0.1, 0.15) is 0 Å². The van der Waals surface area contributed by atoms with Gasteiger partial charge >= 0.3 is 0 Å². The Morgan fingerprint density at radius 1 is 1.14 bits per heavy atom. The molecular formula is C17H15N3O2. The molecule has 3 rings (SSSR count). The summed E-state index contributed by atoms with van der Waals surface area (Å²) in [5, 5.41) is 12.6. The van der Waals surface area contributed by atoms with E-state index in [0.29, 0.717) is 23.2 Å². The molecule has 0 aliphatic heterocycles. The molecule has 0 aliphatic carbocycles. The molecule has 0 saturated carbocycles. The molecule has 1 aromatic heterocycles. The number of hydrogen-bond donors (Lipinski definition) is 1. The van der Waals surface area contributed by atoms with Crippen LogP contribution in [0.3, 0.4) is 0 Å². The standard InChI is InChI=1S/C17H15N3O2/c1-2-11-19-16-10-6-4-8-14(16)17(21)20(19)15-9-5-3-7-13(15)12-18-22/h2-10,12,22H,1,11H2/b18-12+. The maximum absolute atomic E-state index is 12.8. The van der Waals surface area contributed by atoms with E-state index < -0.39 is 0 Å². The molecule has 0 aliphatic rings. The number of hydrogen-bond acceptors (Lipinski definition) is 3. The molecule has 0 radical (unpaired) electrons. The summed E-state index contributed by atoms with van der Waals surface area (Å²) in [7, 11) is 0. The zero-order valence-corrected chi connectivity index (χ0v) is 11.9. The summed E-state index contributed by atoms with van der Waals surface area (Å²) in [5.41, 5.74) is 2.03. The Labute approximate surface area is 127 Å². The molecule has 1 N–H and O–H groups in total. The first-order valence-corrected chi connectivity index (χ1v) is 6.86. The molecule has 5 heteroatoms. The van der Waals surface area contributed by atoms with Crippen molar-refractivity contribution >= 4 is 17.1 Å². The van der Waals surface area contributed by atoms with Gasteiger partial charge in [-0.2, -0.15) is 0 Å². The molecule has 3 aromatic rings. The Bertz CT molecular complexity index is 919. The highest BCUT2D eigenvalue weighted by Gasteiger charge is 2.15. The fourth-order valence-electron chi connectivity index (χ4n) is 2.60. The first-order valence-electron chi connectivity index (χ1n) is 6.86. The minimum atomic E-state index is -0.115. The maximum atomic E-state index is 12.8. The van der Waals surface area contributed by atoms with Gasteiger partial charge in [-0.05, 0) is 18.2 Å². The highest BCUT2D eigenvalue weighted by atomic mass is 16.4. The van der Waals surface area contributed by atoms with Gasteiger partial charge in [-0.25, -0.2) is 4.68 Å². The third kappa shape index (κ3) is 2.13. The summed E-state index contributed by atoms with van der Waals surface area (Å²) in [6, 6.07) is 14.7. The van der Waals surface area contributed by atoms with Crippen LogP contribution in [0.1, 0.15) is 5.56 Å². The number of allylic oxidation sites excluding steroid dienone is 1. The molecule has 5 nitrogen and oxygen atoms in total. The molecule has 110 valence electrons. The third-order valence-corrected chi connectivity index (χ3v) is 3.51. The van der Waals surface area contributed by atoms with Crippen LogP contribution in [-0.2, 0) is 6.54 Å². The summed E-state index contributed by atoms with van der Waals surface area (Å²) in [4.78, 5) is 12.8. The van der Waals surface area contributed by atoms with Gasteiger partial charge in [0.05, 0.1) is 29.3 Å².